The second-order valence-electron chi connectivity index (χ2n) is 5.64. The number of hydrogen-bond acceptors (Lipinski definition) is 4. The molecule has 2 N–H and O–H groups in total. The Balaban J connectivity index is 2.50. The standard InChI is InChI=1S/C12H21NO5/c1-12(2,3)18-11(17)13-5-4-8(6-10(15)16)9(14)7-13/h8-9,14H,4-7H2,1-3H3,(H,15,16)/t8-,9-/m1/s1. The molecule has 2 atom stereocenters. The lowest BCUT2D eigenvalue weighted by Crippen LogP contribution is -2.48. The number of carboxylic acid groups (broad SMARTS) is 1. The lowest BCUT2D eigenvalue weighted by molar-refractivity contribution is -0.139. The van der Waals surface area contributed by atoms with Crippen molar-refractivity contribution in [3.63, 3.8) is 0 Å². The molecule has 1 heterocycles. The molecule has 0 aromatic rings. The fourth-order valence-electron chi connectivity index (χ4n) is 1.93. The molecular formula is C12H21NO5. The number of hydrogen-bond donors (Lipinski definition) is 2. The number of aliphatic hydroxyl groups excluding tert-OH is 1. The summed E-state index contributed by atoms with van der Waals surface area (Å²) in [6.07, 6.45) is -0.853. The van der Waals surface area contributed by atoms with Gasteiger partial charge in [-0.15, -0.1) is 0 Å². The summed E-state index contributed by atoms with van der Waals surface area (Å²) in [7, 11) is 0. The highest BCUT2D eigenvalue weighted by atomic mass is 16.6. The molecular weight excluding hydrogens is 238 g/mol. The average Bonchev–Trinajstić information content (AvgIpc) is 2.17. The van der Waals surface area contributed by atoms with Crippen molar-refractivity contribution in [1.82, 2.24) is 4.90 Å². The van der Waals surface area contributed by atoms with Gasteiger partial charge in [-0.3, -0.25) is 4.79 Å². The van der Waals surface area contributed by atoms with Gasteiger partial charge in [0.25, 0.3) is 0 Å². The minimum Gasteiger partial charge on any atom is -0.481 e. The van der Waals surface area contributed by atoms with Crippen molar-refractivity contribution in [2.75, 3.05) is 13.1 Å². The molecule has 1 fully saturated rings. The lowest BCUT2D eigenvalue weighted by atomic mass is 9.91. The van der Waals surface area contributed by atoms with E-state index in [9.17, 15) is 14.7 Å². The van der Waals surface area contributed by atoms with E-state index in [-0.39, 0.29) is 18.9 Å². The maximum absolute atomic E-state index is 11.8. The second-order valence-corrected chi connectivity index (χ2v) is 5.64. The molecule has 0 aliphatic carbocycles. The molecule has 18 heavy (non-hydrogen) atoms. The first kappa shape index (κ1) is 14.8. The molecule has 0 aromatic carbocycles. The number of aliphatic carboxylic acids is 1. The number of amides is 1. The molecule has 0 aromatic heterocycles. The first-order valence-electron chi connectivity index (χ1n) is 6.07. The molecule has 0 bridgehead atoms. The zero-order valence-corrected chi connectivity index (χ0v) is 11.0. The molecule has 0 radical (unpaired) electrons. The summed E-state index contributed by atoms with van der Waals surface area (Å²) in [5, 5.41) is 18.5. The van der Waals surface area contributed by atoms with E-state index in [2.05, 4.69) is 0 Å². The number of aliphatic hydroxyl groups is 1. The van der Waals surface area contributed by atoms with Gasteiger partial charge in [0.2, 0.25) is 0 Å². The van der Waals surface area contributed by atoms with Crippen LogP contribution in [0, 0.1) is 5.92 Å². The van der Waals surface area contributed by atoms with Crippen LogP contribution in [-0.4, -0.2) is 52.0 Å². The number of carbonyl (C=O) groups excluding carboxylic acids is 1. The molecule has 1 amide bonds. The van der Waals surface area contributed by atoms with Gasteiger partial charge in [0.05, 0.1) is 19.1 Å². The van der Waals surface area contributed by atoms with E-state index in [4.69, 9.17) is 9.84 Å². The van der Waals surface area contributed by atoms with Gasteiger partial charge in [-0.25, -0.2) is 4.79 Å². The van der Waals surface area contributed by atoms with E-state index in [1.807, 2.05) is 0 Å². The fourth-order valence-corrected chi connectivity index (χ4v) is 1.93. The lowest BCUT2D eigenvalue weighted by Gasteiger charge is -2.36. The van der Waals surface area contributed by atoms with Gasteiger partial charge in [0.1, 0.15) is 5.60 Å². The second kappa shape index (κ2) is 5.56. The molecule has 104 valence electrons. The first-order chi connectivity index (χ1) is 8.19. The number of likely N-dealkylation sites (tertiary alicyclic amines) is 1. The van der Waals surface area contributed by atoms with Crippen molar-refractivity contribution in [2.24, 2.45) is 5.92 Å². The minimum atomic E-state index is -0.926. The summed E-state index contributed by atoms with van der Waals surface area (Å²) in [6, 6.07) is 0. The Kier molecular flexibility index (Phi) is 4.56. The monoisotopic (exact) mass is 259 g/mol. The molecule has 1 aliphatic rings. The SMILES string of the molecule is CC(C)(C)OC(=O)N1CC[C@H](CC(=O)O)[C@H](O)C1. The van der Waals surface area contributed by atoms with Crippen molar-refractivity contribution in [2.45, 2.75) is 45.3 Å². The smallest absolute Gasteiger partial charge is 0.410 e. The molecule has 1 saturated heterocycles. The first-order valence-corrected chi connectivity index (χ1v) is 6.07. The van der Waals surface area contributed by atoms with Crippen LogP contribution >= 0.6 is 0 Å². The Labute approximate surface area is 107 Å². The van der Waals surface area contributed by atoms with Crippen molar-refractivity contribution < 1.29 is 24.5 Å². The number of nitrogens with zero attached hydrogens (tertiary/aromatic N) is 1. The summed E-state index contributed by atoms with van der Waals surface area (Å²) < 4.78 is 5.20. The van der Waals surface area contributed by atoms with Gasteiger partial charge in [0, 0.05) is 6.54 Å². The van der Waals surface area contributed by atoms with Crippen LogP contribution < -0.4 is 0 Å². The Hall–Kier alpha value is -1.30. The van der Waals surface area contributed by atoms with Crippen LogP contribution in [0.5, 0.6) is 0 Å². The van der Waals surface area contributed by atoms with Crippen LogP contribution in [0.15, 0.2) is 0 Å². The van der Waals surface area contributed by atoms with Crippen LogP contribution in [0.3, 0.4) is 0 Å². The minimum absolute atomic E-state index is 0.0661. The van der Waals surface area contributed by atoms with Crippen LogP contribution in [0.1, 0.15) is 33.6 Å². The van der Waals surface area contributed by atoms with E-state index in [0.717, 1.165) is 0 Å². The number of rotatable bonds is 2. The summed E-state index contributed by atoms with van der Waals surface area (Å²) in [5.74, 6) is -1.22. The van der Waals surface area contributed by atoms with Gasteiger partial charge in [-0.2, -0.15) is 0 Å². The summed E-state index contributed by atoms with van der Waals surface area (Å²) in [5.41, 5.74) is -0.569. The Morgan fingerprint density at radius 2 is 2.00 bits per heavy atom. The van der Waals surface area contributed by atoms with E-state index < -0.39 is 23.8 Å². The Morgan fingerprint density at radius 1 is 1.39 bits per heavy atom. The summed E-state index contributed by atoms with van der Waals surface area (Å²) in [6.45, 7) is 5.88. The van der Waals surface area contributed by atoms with E-state index >= 15 is 0 Å². The molecule has 6 heteroatoms. The number of piperidine rings is 1. The van der Waals surface area contributed by atoms with Gasteiger partial charge in [0.15, 0.2) is 0 Å². The summed E-state index contributed by atoms with van der Waals surface area (Å²) in [4.78, 5) is 23.8. The maximum atomic E-state index is 11.8. The van der Waals surface area contributed by atoms with E-state index in [0.29, 0.717) is 13.0 Å². The molecule has 1 rings (SSSR count). The van der Waals surface area contributed by atoms with Crippen molar-refractivity contribution in [3.05, 3.63) is 0 Å². The normalized spacial score (nSPS) is 24.8. The Morgan fingerprint density at radius 3 is 2.44 bits per heavy atom. The predicted molar refractivity (Wildman–Crippen MR) is 64.2 cm³/mol. The third kappa shape index (κ3) is 4.52. The zero-order valence-electron chi connectivity index (χ0n) is 11.0. The van der Waals surface area contributed by atoms with Crippen LogP contribution in [0.2, 0.25) is 0 Å². The zero-order chi connectivity index (χ0) is 13.9. The van der Waals surface area contributed by atoms with Crippen LogP contribution in [0.25, 0.3) is 0 Å². The third-order valence-electron chi connectivity index (χ3n) is 2.81. The fraction of sp³-hybridized carbons (Fsp3) is 0.833. The number of ether oxygens (including phenoxy) is 1. The van der Waals surface area contributed by atoms with Crippen molar-refractivity contribution in [3.8, 4) is 0 Å². The van der Waals surface area contributed by atoms with Gasteiger partial charge in [-0.1, -0.05) is 0 Å². The largest absolute Gasteiger partial charge is 0.481 e. The van der Waals surface area contributed by atoms with Gasteiger partial charge >= 0.3 is 12.1 Å². The highest BCUT2D eigenvalue weighted by molar-refractivity contribution is 5.69. The van der Waals surface area contributed by atoms with Gasteiger partial charge < -0.3 is 19.8 Å². The third-order valence-corrected chi connectivity index (χ3v) is 2.81. The number of carbonyl (C=O) groups is 2. The maximum Gasteiger partial charge on any atom is 0.410 e. The van der Waals surface area contributed by atoms with Crippen molar-refractivity contribution >= 4 is 12.1 Å². The molecule has 6 nitrogen and oxygen atoms in total. The topological polar surface area (TPSA) is 87.1 Å². The number of β-amino-alcohol motifs (C(OH)–C–C–N with tert-alkyl or cyclic N) is 1. The van der Waals surface area contributed by atoms with Gasteiger partial charge in [-0.05, 0) is 33.1 Å². The highest BCUT2D eigenvalue weighted by Crippen LogP contribution is 2.22. The molecule has 0 spiro atoms. The quantitative estimate of drug-likeness (QED) is 0.774. The molecule has 1 aliphatic heterocycles. The highest BCUT2D eigenvalue weighted by Gasteiger charge is 2.33. The molecule has 0 unspecified atom stereocenters. The van der Waals surface area contributed by atoms with E-state index in [1.165, 1.54) is 4.90 Å². The predicted octanol–water partition coefficient (Wildman–Crippen LogP) is 1.08. The molecule has 0 saturated carbocycles. The van der Waals surface area contributed by atoms with Crippen molar-refractivity contribution in [1.29, 1.82) is 0 Å². The Bertz CT molecular complexity index is 323. The van der Waals surface area contributed by atoms with Crippen LogP contribution in [-0.2, 0) is 9.53 Å². The average molecular weight is 259 g/mol. The summed E-state index contributed by atoms with van der Waals surface area (Å²) >= 11 is 0. The van der Waals surface area contributed by atoms with E-state index in [1.54, 1.807) is 20.8 Å². The van der Waals surface area contributed by atoms with Crippen LogP contribution in [0.4, 0.5) is 4.79 Å². The number of carboxylic acids is 1.